The van der Waals surface area contributed by atoms with Gasteiger partial charge in [0.25, 0.3) is 0 Å². The van der Waals surface area contributed by atoms with Crippen LogP contribution < -0.4 is 9.47 Å². The van der Waals surface area contributed by atoms with Gasteiger partial charge < -0.3 is 9.47 Å². The maximum atomic E-state index is 12.9. The Balaban J connectivity index is 2.36. The lowest BCUT2D eigenvalue weighted by Crippen LogP contribution is -2.33. The van der Waals surface area contributed by atoms with Gasteiger partial charge in [0.2, 0.25) is 0 Å². The predicted octanol–water partition coefficient (Wildman–Crippen LogP) is 4.28. The molecule has 1 fully saturated rings. The molecule has 2 rings (SSSR count). The van der Waals surface area contributed by atoms with Gasteiger partial charge in [-0.1, -0.05) is 6.92 Å². The molecule has 0 aromatic heterocycles. The molecule has 1 aliphatic rings. The minimum atomic E-state index is 0.00273. The average Bonchev–Trinajstić information content (AvgIpc) is 2.53. The Kier molecular flexibility index (Phi) is 6.32. The third-order valence-corrected chi connectivity index (χ3v) is 7.46. The van der Waals surface area contributed by atoms with E-state index in [2.05, 4.69) is 22.9 Å². The van der Waals surface area contributed by atoms with E-state index in [0.717, 1.165) is 17.9 Å². The number of ether oxygens (including phenoxy) is 2. The Morgan fingerprint density at radius 2 is 2.00 bits per heavy atom. The van der Waals surface area contributed by atoms with E-state index in [4.69, 9.17) is 9.47 Å². The third kappa shape index (κ3) is 3.54. The highest BCUT2D eigenvalue weighted by atomic mass is 79.9. The van der Waals surface area contributed by atoms with Gasteiger partial charge in [-0.15, -0.1) is 11.8 Å². The number of carbonyl (C=O) groups excluding carboxylic acids is 1. The van der Waals surface area contributed by atoms with Crippen molar-refractivity contribution in [3.05, 3.63) is 22.2 Å². The van der Waals surface area contributed by atoms with Gasteiger partial charge in [0.15, 0.2) is 5.78 Å². The number of rotatable bonds is 5. The first-order valence-electron chi connectivity index (χ1n) is 6.81. The molecule has 1 aromatic carbocycles. The van der Waals surface area contributed by atoms with Gasteiger partial charge in [-0.25, -0.2) is 0 Å². The van der Waals surface area contributed by atoms with Crippen LogP contribution in [0.15, 0.2) is 16.6 Å². The van der Waals surface area contributed by atoms with Gasteiger partial charge >= 0.3 is 0 Å². The van der Waals surface area contributed by atoms with Crippen molar-refractivity contribution in [1.82, 2.24) is 0 Å². The average molecular weight is 391 g/mol. The van der Waals surface area contributed by atoms with Gasteiger partial charge in [0, 0.05) is 16.8 Å². The number of ketones is 1. The van der Waals surface area contributed by atoms with Crippen molar-refractivity contribution in [2.24, 2.45) is 0 Å². The summed E-state index contributed by atoms with van der Waals surface area (Å²) in [6, 6.07) is 3.61. The summed E-state index contributed by atoms with van der Waals surface area (Å²) < 4.78 is 11.4. The predicted molar refractivity (Wildman–Crippen MR) is 94.4 cm³/mol. The Hall–Kier alpha value is -0.330. The molecule has 0 spiro atoms. The largest absolute Gasteiger partial charge is 0.495 e. The normalized spacial score (nSPS) is 21.9. The molecule has 1 aromatic rings. The molecule has 0 radical (unpaired) electrons. The Morgan fingerprint density at radius 3 is 2.62 bits per heavy atom. The summed E-state index contributed by atoms with van der Waals surface area (Å²) in [7, 11) is 3.18. The lowest BCUT2D eigenvalue weighted by Gasteiger charge is -2.29. The molecule has 0 saturated carbocycles. The van der Waals surface area contributed by atoms with Gasteiger partial charge in [-0.05, 0) is 34.5 Å². The zero-order chi connectivity index (χ0) is 15.4. The van der Waals surface area contributed by atoms with Gasteiger partial charge in [-0.2, -0.15) is 11.8 Å². The maximum absolute atomic E-state index is 12.9. The zero-order valence-electron chi connectivity index (χ0n) is 12.3. The van der Waals surface area contributed by atoms with Crippen molar-refractivity contribution in [2.75, 3.05) is 25.7 Å². The van der Waals surface area contributed by atoms with E-state index in [0.29, 0.717) is 26.8 Å². The Labute approximate surface area is 142 Å². The molecule has 1 heterocycles. The SMILES string of the molecule is CCC1SCCSC1C(=O)c1ccc(OC)c(Br)c1OC. The molecule has 2 atom stereocenters. The molecule has 2 unspecified atom stereocenters. The fourth-order valence-corrected chi connectivity index (χ4v) is 6.08. The van der Waals surface area contributed by atoms with Gasteiger partial charge in [-0.3, -0.25) is 4.79 Å². The second kappa shape index (κ2) is 7.79. The van der Waals surface area contributed by atoms with E-state index < -0.39 is 0 Å². The smallest absolute Gasteiger partial charge is 0.180 e. The number of hydrogen-bond donors (Lipinski definition) is 0. The van der Waals surface area contributed by atoms with E-state index in [1.165, 1.54) is 0 Å². The zero-order valence-corrected chi connectivity index (χ0v) is 15.6. The number of benzene rings is 1. The number of Topliss-reactive ketones (excluding diaryl/α,β-unsaturated/α-hetero) is 1. The molecular formula is C15H19BrO3S2. The molecule has 1 aliphatic heterocycles. The summed E-state index contributed by atoms with van der Waals surface area (Å²) in [6.07, 6.45) is 1.01. The van der Waals surface area contributed by atoms with Gasteiger partial charge in [0.05, 0.1) is 25.0 Å². The van der Waals surface area contributed by atoms with Crippen LogP contribution >= 0.6 is 39.5 Å². The number of hydrogen-bond acceptors (Lipinski definition) is 5. The lowest BCUT2D eigenvalue weighted by molar-refractivity contribution is 0.0985. The van der Waals surface area contributed by atoms with Crippen molar-refractivity contribution in [2.45, 2.75) is 23.8 Å². The Morgan fingerprint density at radius 1 is 1.29 bits per heavy atom. The highest BCUT2D eigenvalue weighted by Crippen LogP contribution is 2.41. The topological polar surface area (TPSA) is 35.5 Å². The summed E-state index contributed by atoms with van der Waals surface area (Å²) in [5.41, 5.74) is 0.628. The van der Waals surface area contributed by atoms with Crippen molar-refractivity contribution in [1.29, 1.82) is 0 Å². The van der Waals surface area contributed by atoms with Gasteiger partial charge in [0.1, 0.15) is 16.0 Å². The first-order valence-corrected chi connectivity index (χ1v) is 9.71. The van der Waals surface area contributed by atoms with Crippen molar-refractivity contribution in [3.63, 3.8) is 0 Å². The Bertz CT molecular complexity index is 522. The fraction of sp³-hybridized carbons (Fsp3) is 0.533. The van der Waals surface area contributed by atoms with Crippen LogP contribution in [0.4, 0.5) is 0 Å². The fourth-order valence-electron chi connectivity index (χ4n) is 2.39. The number of carbonyl (C=O) groups is 1. The highest BCUT2D eigenvalue weighted by Gasteiger charge is 2.33. The lowest BCUT2D eigenvalue weighted by atomic mass is 10.0. The van der Waals surface area contributed by atoms with Crippen LogP contribution in [-0.4, -0.2) is 42.0 Å². The summed E-state index contributed by atoms with van der Waals surface area (Å²) in [5, 5.41) is 0.379. The molecule has 3 nitrogen and oxygen atoms in total. The molecular weight excluding hydrogens is 372 g/mol. The number of thioether (sulfide) groups is 2. The molecule has 21 heavy (non-hydrogen) atoms. The second-order valence-corrected chi connectivity index (χ2v) is 8.03. The molecule has 0 amide bonds. The quantitative estimate of drug-likeness (QED) is 0.701. The highest BCUT2D eigenvalue weighted by molar-refractivity contribution is 9.10. The molecule has 6 heteroatoms. The van der Waals surface area contributed by atoms with Crippen molar-refractivity contribution >= 4 is 45.2 Å². The van der Waals surface area contributed by atoms with Crippen LogP contribution in [0.25, 0.3) is 0 Å². The minimum Gasteiger partial charge on any atom is -0.495 e. The summed E-state index contributed by atoms with van der Waals surface area (Å²) in [4.78, 5) is 12.9. The molecule has 116 valence electrons. The van der Waals surface area contributed by atoms with Crippen LogP contribution in [0.2, 0.25) is 0 Å². The van der Waals surface area contributed by atoms with E-state index in [1.807, 2.05) is 11.8 Å². The van der Waals surface area contributed by atoms with Crippen LogP contribution in [0, 0.1) is 0 Å². The third-order valence-electron chi connectivity index (χ3n) is 3.46. The summed E-state index contributed by atoms with van der Waals surface area (Å²) in [6.45, 7) is 2.14. The van der Waals surface area contributed by atoms with E-state index in [-0.39, 0.29) is 11.0 Å². The standard InChI is InChI=1S/C15H19BrO3S2/c1-4-11-15(21-8-7-20-11)13(17)9-5-6-10(18-2)12(16)14(9)19-3/h5-6,11,15H,4,7-8H2,1-3H3. The van der Waals surface area contributed by atoms with Crippen LogP contribution in [0.5, 0.6) is 11.5 Å². The van der Waals surface area contributed by atoms with Crippen LogP contribution in [0.1, 0.15) is 23.7 Å². The van der Waals surface area contributed by atoms with E-state index >= 15 is 0 Å². The minimum absolute atomic E-state index is 0.00273. The van der Waals surface area contributed by atoms with Crippen LogP contribution in [0.3, 0.4) is 0 Å². The summed E-state index contributed by atoms with van der Waals surface area (Å²) >= 11 is 7.12. The van der Waals surface area contributed by atoms with Crippen LogP contribution in [-0.2, 0) is 0 Å². The van der Waals surface area contributed by atoms with Crippen molar-refractivity contribution in [3.8, 4) is 11.5 Å². The number of halogens is 1. The monoisotopic (exact) mass is 390 g/mol. The van der Waals surface area contributed by atoms with E-state index in [1.54, 1.807) is 38.1 Å². The second-order valence-electron chi connectivity index (χ2n) is 4.64. The maximum Gasteiger partial charge on any atom is 0.180 e. The van der Waals surface area contributed by atoms with Crippen molar-refractivity contribution < 1.29 is 14.3 Å². The van der Waals surface area contributed by atoms with E-state index in [9.17, 15) is 4.79 Å². The number of methoxy groups -OCH3 is 2. The molecule has 0 bridgehead atoms. The molecule has 1 saturated heterocycles. The first-order chi connectivity index (χ1) is 10.1. The first kappa shape index (κ1) is 17.0. The molecule has 0 N–H and O–H groups in total. The summed E-state index contributed by atoms with van der Waals surface area (Å²) in [5.74, 6) is 3.53. The molecule has 0 aliphatic carbocycles.